The van der Waals surface area contributed by atoms with Crippen LogP contribution in [-0.2, 0) is 20.8 Å². The van der Waals surface area contributed by atoms with Gasteiger partial charge in [-0.15, -0.1) is 0 Å². The molecule has 0 bridgehead atoms. The van der Waals surface area contributed by atoms with Gasteiger partial charge in [-0.05, 0) is 55.8 Å². The van der Waals surface area contributed by atoms with E-state index in [9.17, 15) is 14.4 Å². The van der Waals surface area contributed by atoms with Crippen molar-refractivity contribution in [3.8, 4) is 11.8 Å². The van der Waals surface area contributed by atoms with Crippen LogP contribution >= 0.6 is 0 Å². The van der Waals surface area contributed by atoms with Crippen molar-refractivity contribution in [1.29, 1.82) is 5.26 Å². The molecule has 6 nitrogen and oxygen atoms in total. The summed E-state index contributed by atoms with van der Waals surface area (Å²) in [7, 11) is 1.64. The van der Waals surface area contributed by atoms with Crippen molar-refractivity contribution in [1.82, 2.24) is 4.57 Å². The molecule has 1 aromatic heterocycles. The van der Waals surface area contributed by atoms with Gasteiger partial charge in [-0.25, -0.2) is 9.18 Å². The van der Waals surface area contributed by atoms with Crippen LogP contribution in [0.25, 0.3) is 6.08 Å². The number of ether oxygens (including phenoxy) is 3. The quantitative estimate of drug-likeness (QED) is 0.262. The largest absolute Gasteiger partial charge is 0.493 e. The zero-order valence-corrected chi connectivity index (χ0v) is 16.9. The zero-order valence-electron chi connectivity index (χ0n) is 16.9. The highest BCUT2D eigenvalue weighted by molar-refractivity contribution is 5.98. The third-order valence-corrected chi connectivity index (χ3v) is 4.38. The van der Waals surface area contributed by atoms with E-state index in [1.165, 1.54) is 24.3 Å². The molecule has 0 aliphatic carbocycles. The molecule has 0 radical (unpaired) electrons. The maximum Gasteiger partial charge on any atom is 0.348 e. The minimum atomic E-state index is -0.670. The molecule has 0 aliphatic heterocycles. The normalized spacial score (nSPS) is 11.2. The van der Waals surface area contributed by atoms with Crippen LogP contribution in [-0.4, -0.2) is 37.5 Å². The van der Waals surface area contributed by atoms with Crippen LogP contribution in [0.5, 0.6) is 5.75 Å². The first-order valence-electron chi connectivity index (χ1n) is 9.29. The number of methoxy groups -OCH3 is 1. The van der Waals surface area contributed by atoms with E-state index in [0.717, 1.165) is 17.0 Å². The molecule has 0 atom stereocenters. The van der Waals surface area contributed by atoms with Gasteiger partial charge in [0.1, 0.15) is 23.2 Å². The summed E-state index contributed by atoms with van der Waals surface area (Å²) in [5.41, 5.74) is 2.71. The molecule has 154 valence electrons. The van der Waals surface area contributed by atoms with Crippen molar-refractivity contribution in [2.45, 2.75) is 26.8 Å². The summed E-state index contributed by atoms with van der Waals surface area (Å²) < 4.78 is 30.6. The van der Waals surface area contributed by atoms with E-state index in [1.54, 1.807) is 13.2 Å². The van der Waals surface area contributed by atoms with Crippen molar-refractivity contribution in [2.24, 2.45) is 0 Å². The monoisotopic (exact) mass is 400 g/mol. The molecule has 1 aromatic carbocycles. The van der Waals surface area contributed by atoms with E-state index in [2.05, 4.69) is 4.57 Å². The van der Waals surface area contributed by atoms with Gasteiger partial charge >= 0.3 is 5.97 Å². The Balaban J connectivity index is 1.88. The highest BCUT2D eigenvalue weighted by atomic mass is 19.1. The average Bonchev–Trinajstić information content (AvgIpc) is 2.98. The van der Waals surface area contributed by atoms with E-state index in [1.807, 2.05) is 26.0 Å². The molecule has 1 heterocycles. The molecular formula is C22H25FN2O4. The fourth-order valence-electron chi connectivity index (χ4n) is 2.82. The molecule has 0 saturated carbocycles. The molecule has 0 aliphatic rings. The Bertz CT molecular complexity index is 895. The molecular weight excluding hydrogens is 375 g/mol. The number of rotatable bonds is 10. The summed E-state index contributed by atoms with van der Waals surface area (Å²) >= 11 is 0. The van der Waals surface area contributed by atoms with Crippen molar-refractivity contribution in [3.63, 3.8) is 0 Å². The number of aryl methyl sites for hydroxylation is 1. The summed E-state index contributed by atoms with van der Waals surface area (Å²) in [4.78, 5) is 12.2. The van der Waals surface area contributed by atoms with Crippen LogP contribution in [0.15, 0.2) is 35.9 Å². The molecule has 7 heteroatoms. The lowest BCUT2D eigenvalue weighted by molar-refractivity contribution is -0.138. The molecule has 0 fully saturated rings. The average molecular weight is 400 g/mol. The molecule has 0 unspecified atom stereocenters. The van der Waals surface area contributed by atoms with E-state index < -0.39 is 5.97 Å². The highest BCUT2D eigenvalue weighted by Gasteiger charge is 2.14. The van der Waals surface area contributed by atoms with Crippen molar-refractivity contribution < 1.29 is 23.4 Å². The van der Waals surface area contributed by atoms with Gasteiger partial charge in [0.05, 0.1) is 19.8 Å². The van der Waals surface area contributed by atoms with Crippen LogP contribution in [0.3, 0.4) is 0 Å². The van der Waals surface area contributed by atoms with Gasteiger partial charge in [-0.3, -0.25) is 0 Å². The lowest BCUT2D eigenvalue weighted by Gasteiger charge is -2.08. The number of benzene rings is 1. The molecule has 2 aromatic rings. The van der Waals surface area contributed by atoms with Gasteiger partial charge in [0.25, 0.3) is 0 Å². The fourth-order valence-corrected chi connectivity index (χ4v) is 2.82. The Morgan fingerprint density at radius 2 is 1.93 bits per heavy atom. The van der Waals surface area contributed by atoms with Crippen LogP contribution in [0.1, 0.15) is 23.4 Å². The number of halogens is 1. The number of carbonyl (C=O) groups is 1. The third-order valence-electron chi connectivity index (χ3n) is 4.38. The molecule has 0 amide bonds. The molecule has 0 saturated heterocycles. The van der Waals surface area contributed by atoms with Crippen LogP contribution < -0.4 is 4.74 Å². The second-order valence-corrected chi connectivity index (χ2v) is 6.43. The summed E-state index contributed by atoms with van der Waals surface area (Å²) in [6.07, 6.45) is 2.00. The third kappa shape index (κ3) is 6.47. The Labute approximate surface area is 170 Å². The summed E-state index contributed by atoms with van der Waals surface area (Å²) in [5, 5.41) is 9.34. The first-order valence-corrected chi connectivity index (χ1v) is 9.29. The molecule has 0 N–H and O–H groups in total. The standard InChI is InChI=1S/C22H25FN2O4/c1-16-13-18(17(2)25(16)9-12-27-3)14-19(15-24)22(26)29-11-4-10-28-21-7-5-20(23)6-8-21/h5-8,13-14H,4,9-12H2,1-3H3/b19-14+. The zero-order chi connectivity index (χ0) is 21.2. The van der Waals surface area contributed by atoms with Gasteiger partial charge in [-0.2, -0.15) is 5.26 Å². The Morgan fingerprint density at radius 1 is 1.21 bits per heavy atom. The summed E-state index contributed by atoms with van der Waals surface area (Å²) in [6, 6.07) is 9.51. The lowest BCUT2D eigenvalue weighted by Crippen LogP contribution is -2.10. The van der Waals surface area contributed by atoms with Gasteiger partial charge in [0.2, 0.25) is 0 Å². The predicted molar refractivity (Wildman–Crippen MR) is 107 cm³/mol. The van der Waals surface area contributed by atoms with Crippen molar-refractivity contribution in [2.75, 3.05) is 26.9 Å². The molecule has 2 rings (SSSR count). The molecule has 0 spiro atoms. The minimum Gasteiger partial charge on any atom is -0.493 e. The number of hydrogen-bond donors (Lipinski definition) is 0. The summed E-state index contributed by atoms with van der Waals surface area (Å²) in [6.45, 7) is 5.60. The number of nitrogens with zero attached hydrogens (tertiary/aromatic N) is 2. The fraction of sp³-hybridized carbons (Fsp3) is 0.364. The van der Waals surface area contributed by atoms with Crippen LogP contribution in [0.2, 0.25) is 0 Å². The van der Waals surface area contributed by atoms with Gasteiger partial charge in [0, 0.05) is 31.5 Å². The molecule has 29 heavy (non-hydrogen) atoms. The Kier molecular flexibility index (Phi) is 8.44. The van der Waals surface area contributed by atoms with Crippen LogP contribution in [0.4, 0.5) is 4.39 Å². The number of nitriles is 1. The van der Waals surface area contributed by atoms with E-state index >= 15 is 0 Å². The topological polar surface area (TPSA) is 73.5 Å². The number of carbonyl (C=O) groups excluding carboxylic acids is 1. The number of hydrogen-bond acceptors (Lipinski definition) is 5. The minimum absolute atomic E-state index is 0.0588. The highest BCUT2D eigenvalue weighted by Crippen LogP contribution is 2.19. The van der Waals surface area contributed by atoms with Crippen LogP contribution in [0, 0.1) is 31.0 Å². The Morgan fingerprint density at radius 3 is 2.59 bits per heavy atom. The maximum absolute atomic E-state index is 12.8. The first-order chi connectivity index (χ1) is 14.0. The Hall–Kier alpha value is -3.11. The SMILES string of the molecule is COCCn1c(C)cc(/C=C(\C#N)C(=O)OCCCOc2ccc(F)cc2)c1C. The first kappa shape index (κ1) is 22.2. The van der Waals surface area contributed by atoms with Crippen molar-refractivity contribution >= 4 is 12.0 Å². The second-order valence-electron chi connectivity index (χ2n) is 6.43. The second kappa shape index (κ2) is 11.0. The summed E-state index contributed by atoms with van der Waals surface area (Å²) in [5.74, 6) is -0.461. The van der Waals surface area contributed by atoms with Gasteiger partial charge in [0.15, 0.2) is 0 Å². The predicted octanol–water partition coefficient (Wildman–Crippen LogP) is 3.81. The van der Waals surface area contributed by atoms with E-state index in [-0.39, 0.29) is 18.0 Å². The smallest absolute Gasteiger partial charge is 0.348 e. The van der Waals surface area contributed by atoms with E-state index in [0.29, 0.717) is 31.9 Å². The number of esters is 1. The lowest BCUT2D eigenvalue weighted by atomic mass is 10.1. The number of aromatic nitrogens is 1. The van der Waals surface area contributed by atoms with E-state index in [4.69, 9.17) is 14.2 Å². The van der Waals surface area contributed by atoms with Gasteiger partial charge in [-0.1, -0.05) is 0 Å². The van der Waals surface area contributed by atoms with Gasteiger partial charge < -0.3 is 18.8 Å². The van der Waals surface area contributed by atoms with Crippen molar-refractivity contribution in [3.05, 3.63) is 58.7 Å². The maximum atomic E-state index is 12.8.